The Morgan fingerprint density at radius 2 is 2.16 bits per heavy atom. The Kier molecular flexibility index (Phi) is 4.61. The number of aromatic amines is 1. The summed E-state index contributed by atoms with van der Waals surface area (Å²) >= 11 is 0. The lowest BCUT2D eigenvalue weighted by molar-refractivity contribution is 0.268. The van der Waals surface area contributed by atoms with Gasteiger partial charge in [0.25, 0.3) is 5.56 Å². The molecule has 0 amide bonds. The van der Waals surface area contributed by atoms with Crippen molar-refractivity contribution >= 4 is 5.82 Å². The summed E-state index contributed by atoms with van der Waals surface area (Å²) in [4.78, 5) is 18.9. The van der Waals surface area contributed by atoms with Gasteiger partial charge >= 0.3 is 0 Å². The standard InChI is InChI=1S/C15H25N3O/c1-10(2)15-17-13(8-14(19)18-15)16-9-12-7-5-4-6-11(12)3/h8,10-12H,4-7,9H2,1-3H3,(H2,16,17,18,19). The van der Waals surface area contributed by atoms with E-state index in [9.17, 15) is 4.79 Å². The van der Waals surface area contributed by atoms with Crippen molar-refractivity contribution in [2.24, 2.45) is 11.8 Å². The molecule has 0 saturated heterocycles. The van der Waals surface area contributed by atoms with Crippen molar-refractivity contribution in [1.82, 2.24) is 9.97 Å². The van der Waals surface area contributed by atoms with Crippen LogP contribution in [0, 0.1) is 11.8 Å². The largest absolute Gasteiger partial charge is 0.370 e. The van der Waals surface area contributed by atoms with E-state index in [2.05, 4.69) is 22.2 Å². The van der Waals surface area contributed by atoms with Gasteiger partial charge in [-0.05, 0) is 18.3 Å². The van der Waals surface area contributed by atoms with Crippen LogP contribution < -0.4 is 10.9 Å². The van der Waals surface area contributed by atoms with Gasteiger partial charge in [0, 0.05) is 18.5 Å². The predicted octanol–water partition coefficient (Wildman–Crippen LogP) is 3.13. The molecule has 106 valence electrons. The average Bonchev–Trinajstić information content (AvgIpc) is 2.37. The van der Waals surface area contributed by atoms with Gasteiger partial charge < -0.3 is 10.3 Å². The minimum Gasteiger partial charge on any atom is -0.370 e. The van der Waals surface area contributed by atoms with Crippen LogP contribution in [0.1, 0.15) is 58.2 Å². The number of anilines is 1. The van der Waals surface area contributed by atoms with Gasteiger partial charge in [0.1, 0.15) is 11.6 Å². The van der Waals surface area contributed by atoms with Crippen LogP contribution in [0.25, 0.3) is 0 Å². The third-order valence-corrected chi connectivity index (χ3v) is 4.14. The Bertz CT molecular complexity index is 467. The summed E-state index contributed by atoms with van der Waals surface area (Å²) in [5, 5.41) is 3.35. The molecule has 0 radical (unpaired) electrons. The Balaban J connectivity index is 2.00. The highest BCUT2D eigenvalue weighted by Gasteiger charge is 2.21. The third-order valence-electron chi connectivity index (χ3n) is 4.14. The molecule has 1 saturated carbocycles. The Hall–Kier alpha value is -1.32. The Morgan fingerprint density at radius 1 is 1.42 bits per heavy atom. The van der Waals surface area contributed by atoms with E-state index in [1.165, 1.54) is 25.7 Å². The first kappa shape index (κ1) is 14.1. The minimum absolute atomic E-state index is 0.0714. The lowest BCUT2D eigenvalue weighted by Gasteiger charge is -2.29. The van der Waals surface area contributed by atoms with Gasteiger partial charge in [0.2, 0.25) is 0 Å². The molecule has 1 aromatic rings. The van der Waals surface area contributed by atoms with E-state index in [0.717, 1.165) is 18.3 Å². The fourth-order valence-electron chi connectivity index (χ4n) is 2.77. The van der Waals surface area contributed by atoms with Gasteiger partial charge in [-0.2, -0.15) is 0 Å². The number of hydrogen-bond acceptors (Lipinski definition) is 3. The molecule has 0 aromatic carbocycles. The smallest absolute Gasteiger partial charge is 0.252 e. The first-order valence-corrected chi connectivity index (χ1v) is 7.41. The van der Waals surface area contributed by atoms with Crippen LogP contribution in [0.2, 0.25) is 0 Å². The predicted molar refractivity (Wildman–Crippen MR) is 78.6 cm³/mol. The van der Waals surface area contributed by atoms with Crippen LogP contribution in [0.5, 0.6) is 0 Å². The highest BCUT2D eigenvalue weighted by molar-refractivity contribution is 5.33. The molecule has 4 nitrogen and oxygen atoms in total. The minimum atomic E-state index is -0.0714. The number of hydrogen-bond donors (Lipinski definition) is 2. The second kappa shape index (κ2) is 6.22. The number of nitrogens with one attached hydrogen (secondary N) is 2. The summed E-state index contributed by atoms with van der Waals surface area (Å²) in [6.07, 6.45) is 5.30. The maximum atomic E-state index is 11.6. The third kappa shape index (κ3) is 3.82. The lowest BCUT2D eigenvalue weighted by atomic mass is 9.80. The molecule has 1 aromatic heterocycles. The van der Waals surface area contributed by atoms with Crippen LogP contribution in [0.3, 0.4) is 0 Å². The molecule has 2 atom stereocenters. The van der Waals surface area contributed by atoms with Gasteiger partial charge in [-0.15, -0.1) is 0 Å². The van der Waals surface area contributed by atoms with E-state index in [-0.39, 0.29) is 11.5 Å². The molecule has 1 aliphatic carbocycles. The van der Waals surface area contributed by atoms with E-state index in [1.807, 2.05) is 13.8 Å². The molecule has 1 heterocycles. The SMILES string of the molecule is CC(C)c1nc(NCC2CCCCC2C)cc(=O)[nH]1. The van der Waals surface area contributed by atoms with E-state index in [1.54, 1.807) is 6.07 Å². The molecular weight excluding hydrogens is 238 g/mol. The molecular formula is C15H25N3O. The quantitative estimate of drug-likeness (QED) is 0.877. The van der Waals surface area contributed by atoms with Crippen LogP contribution in [-0.2, 0) is 0 Å². The van der Waals surface area contributed by atoms with Crippen LogP contribution in [0.15, 0.2) is 10.9 Å². The summed E-state index contributed by atoms with van der Waals surface area (Å²) in [5.74, 6) is 3.19. The number of H-pyrrole nitrogens is 1. The normalized spacial score (nSPS) is 23.6. The first-order chi connectivity index (χ1) is 9.06. The number of nitrogens with zero attached hydrogens (tertiary/aromatic N) is 1. The van der Waals surface area contributed by atoms with Crippen molar-refractivity contribution in [2.75, 3.05) is 11.9 Å². The zero-order valence-electron chi connectivity index (χ0n) is 12.2. The molecule has 0 bridgehead atoms. The van der Waals surface area contributed by atoms with Crippen molar-refractivity contribution in [2.45, 2.75) is 52.4 Å². The van der Waals surface area contributed by atoms with Gasteiger partial charge in [-0.25, -0.2) is 4.98 Å². The first-order valence-electron chi connectivity index (χ1n) is 7.41. The van der Waals surface area contributed by atoms with Crippen LogP contribution in [0.4, 0.5) is 5.82 Å². The number of rotatable bonds is 4. The molecule has 1 aliphatic rings. The highest BCUT2D eigenvalue weighted by atomic mass is 16.1. The Morgan fingerprint density at radius 3 is 2.84 bits per heavy atom. The molecule has 2 N–H and O–H groups in total. The monoisotopic (exact) mass is 263 g/mol. The zero-order chi connectivity index (χ0) is 13.8. The topological polar surface area (TPSA) is 57.8 Å². The van der Waals surface area contributed by atoms with Crippen molar-refractivity contribution in [3.8, 4) is 0 Å². The maximum Gasteiger partial charge on any atom is 0.252 e. The van der Waals surface area contributed by atoms with Crippen LogP contribution in [-0.4, -0.2) is 16.5 Å². The fraction of sp³-hybridized carbons (Fsp3) is 0.733. The number of aromatic nitrogens is 2. The average molecular weight is 263 g/mol. The van der Waals surface area contributed by atoms with Crippen LogP contribution >= 0.6 is 0 Å². The summed E-state index contributed by atoms with van der Waals surface area (Å²) < 4.78 is 0. The Labute approximate surface area is 115 Å². The molecule has 4 heteroatoms. The molecule has 2 unspecified atom stereocenters. The molecule has 0 spiro atoms. The zero-order valence-corrected chi connectivity index (χ0v) is 12.2. The highest BCUT2D eigenvalue weighted by Crippen LogP contribution is 2.29. The second-order valence-corrected chi connectivity index (χ2v) is 6.07. The molecule has 2 rings (SSSR count). The fourth-order valence-corrected chi connectivity index (χ4v) is 2.77. The van der Waals surface area contributed by atoms with Gasteiger partial charge in [0.15, 0.2) is 0 Å². The van der Waals surface area contributed by atoms with Crippen molar-refractivity contribution in [3.63, 3.8) is 0 Å². The van der Waals surface area contributed by atoms with Crippen molar-refractivity contribution in [3.05, 3.63) is 22.2 Å². The van der Waals surface area contributed by atoms with E-state index >= 15 is 0 Å². The van der Waals surface area contributed by atoms with Crippen molar-refractivity contribution in [1.29, 1.82) is 0 Å². The lowest BCUT2D eigenvalue weighted by Crippen LogP contribution is -2.25. The summed E-state index contributed by atoms with van der Waals surface area (Å²) in [7, 11) is 0. The summed E-state index contributed by atoms with van der Waals surface area (Å²) in [6, 6.07) is 1.55. The van der Waals surface area contributed by atoms with Gasteiger partial charge in [0.05, 0.1) is 0 Å². The van der Waals surface area contributed by atoms with Gasteiger partial charge in [-0.1, -0.05) is 40.0 Å². The van der Waals surface area contributed by atoms with E-state index < -0.39 is 0 Å². The summed E-state index contributed by atoms with van der Waals surface area (Å²) in [6.45, 7) is 7.32. The van der Waals surface area contributed by atoms with E-state index in [4.69, 9.17) is 0 Å². The van der Waals surface area contributed by atoms with Gasteiger partial charge in [-0.3, -0.25) is 4.79 Å². The second-order valence-electron chi connectivity index (χ2n) is 6.07. The molecule has 19 heavy (non-hydrogen) atoms. The summed E-state index contributed by atoms with van der Waals surface area (Å²) in [5.41, 5.74) is -0.0714. The molecule has 1 fully saturated rings. The molecule has 0 aliphatic heterocycles. The van der Waals surface area contributed by atoms with Crippen molar-refractivity contribution < 1.29 is 0 Å². The van der Waals surface area contributed by atoms with E-state index in [0.29, 0.717) is 11.7 Å². The maximum absolute atomic E-state index is 11.6.